The summed E-state index contributed by atoms with van der Waals surface area (Å²) in [6, 6.07) is 19.0. The summed E-state index contributed by atoms with van der Waals surface area (Å²) in [5, 5.41) is 5.67. The lowest BCUT2D eigenvalue weighted by Gasteiger charge is -2.09. The Hall–Kier alpha value is -3.67. The highest BCUT2D eigenvalue weighted by atomic mass is 16.5. The summed E-state index contributed by atoms with van der Waals surface area (Å²) in [5.74, 6) is -0.109. The van der Waals surface area contributed by atoms with Crippen LogP contribution < -0.4 is 10.6 Å². The first-order valence-electron chi connectivity index (χ1n) is 9.83. The van der Waals surface area contributed by atoms with E-state index in [2.05, 4.69) is 15.6 Å². The summed E-state index contributed by atoms with van der Waals surface area (Å²) in [5.41, 5.74) is 4.72. The van der Waals surface area contributed by atoms with Gasteiger partial charge in [0.2, 0.25) is 0 Å². The minimum absolute atomic E-state index is 0.109. The number of carbonyl (C=O) groups is 2. The van der Waals surface area contributed by atoms with Crippen molar-refractivity contribution in [2.75, 3.05) is 6.54 Å². The van der Waals surface area contributed by atoms with Gasteiger partial charge in [0.05, 0.1) is 0 Å². The molecule has 3 rings (SSSR count). The van der Waals surface area contributed by atoms with E-state index in [1.54, 1.807) is 30.6 Å². The third-order valence-corrected chi connectivity index (χ3v) is 4.69. The Bertz CT molecular complexity index is 973. The average Bonchev–Trinajstić information content (AvgIpc) is 2.78. The average molecular weight is 403 g/mol. The summed E-state index contributed by atoms with van der Waals surface area (Å²) in [7, 11) is 0. The van der Waals surface area contributed by atoms with Gasteiger partial charge < -0.3 is 15.4 Å². The van der Waals surface area contributed by atoms with Crippen molar-refractivity contribution in [3.05, 3.63) is 101 Å². The van der Waals surface area contributed by atoms with Crippen LogP contribution in [0.2, 0.25) is 0 Å². The highest BCUT2D eigenvalue weighted by Gasteiger charge is 2.07. The molecule has 0 aliphatic rings. The van der Waals surface area contributed by atoms with Gasteiger partial charge in [-0.25, -0.2) is 4.79 Å². The van der Waals surface area contributed by atoms with E-state index in [0.29, 0.717) is 25.1 Å². The van der Waals surface area contributed by atoms with Gasteiger partial charge in [0.15, 0.2) is 0 Å². The first-order chi connectivity index (χ1) is 14.6. The monoisotopic (exact) mass is 403 g/mol. The van der Waals surface area contributed by atoms with Gasteiger partial charge in [-0.15, -0.1) is 0 Å². The van der Waals surface area contributed by atoms with E-state index in [-0.39, 0.29) is 12.5 Å². The molecule has 154 valence electrons. The molecule has 0 saturated heterocycles. The molecule has 0 spiro atoms. The molecule has 2 amide bonds. The van der Waals surface area contributed by atoms with Crippen LogP contribution in [0, 0.1) is 6.92 Å². The molecule has 0 aliphatic carbocycles. The summed E-state index contributed by atoms with van der Waals surface area (Å²) in [4.78, 5) is 28.1. The number of benzene rings is 2. The van der Waals surface area contributed by atoms with E-state index >= 15 is 0 Å². The summed E-state index contributed by atoms with van der Waals surface area (Å²) in [6.07, 6.45) is 3.51. The van der Waals surface area contributed by atoms with Crippen LogP contribution in [-0.2, 0) is 24.3 Å². The third-order valence-electron chi connectivity index (χ3n) is 4.69. The predicted octanol–water partition coefficient (Wildman–Crippen LogP) is 3.79. The molecule has 2 N–H and O–H groups in total. The lowest BCUT2D eigenvalue weighted by molar-refractivity contribution is 0.0950. The molecule has 1 heterocycles. The molecule has 2 aromatic carbocycles. The fourth-order valence-electron chi connectivity index (χ4n) is 2.90. The van der Waals surface area contributed by atoms with Crippen LogP contribution in [0.4, 0.5) is 4.79 Å². The van der Waals surface area contributed by atoms with Gasteiger partial charge in [0, 0.05) is 36.6 Å². The Morgan fingerprint density at radius 1 is 0.933 bits per heavy atom. The normalized spacial score (nSPS) is 10.3. The lowest BCUT2D eigenvalue weighted by Crippen LogP contribution is -2.26. The number of ether oxygens (including phenoxy) is 1. The number of hydrogen-bond acceptors (Lipinski definition) is 4. The van der Waals surface area contributed by atoms with Gasteiger partial charge in [0.1, 0.15) is 6.61 Å². The second kappa shape index (κ2) is 10.8. The zero-order chi connectivity index (χ0) is 21.2. The molecule has 6 heteroatoms. The number of nitrogens with zero attached hydrogens (tertiary/aromatic N) is 1. The maximum atomic E-state index is 12.3. The Morgan fingerprint density at radius 2 is 1.73 bits per heavy atom. The summed E-state index contributed by atoms with van der Waals surface area (Å²) >= 11 is 0. The zero-order valence-corrected chi connectivity index (χ0v) is 16.9. The van der Waals surface area contributed by atoms with Gasteiger partial charge >= 0.3 is 6.09 Å². The molecular weight excluding hydrogens is 378 g/mol. The summed E-state index contributed by atoms with van der Waals surface area (Å²) < 4.78 is 5.15. The van der Waals surface area contributed by atoms with Crippen molar-refractivity contribution >= 4 is 12.0 Å². The molecule has 0 saturated carbocycles. The number of amides is 2. The van der Waals surface area contributed by atoms with Crippen molar-refractivity contribution in [3.8, 4) is 0 Å². The number of carbonyl (C=O) groups excluding carboxylic acids is 2. The summed E-state index contributed by atoms with van der Waals surface area (Å²) in [6.45, 7) is 3.16. The largest absolute Gasteiger partial charge is 0.445 e. The van der Waals surface area contributed by atoms with Crippen LogP contribution in [0.15, 0.2) is 73.1 Å². The van der Waals surface area contributed by atoms with Crippen LogP contribution in [0.5, 0.6) is 0 Å². The first kappa shape index (κ1) is 21.0. The number of nitrogens with one attached hydrogen (secondary N) is 2. The molecule has 0 bridgehead atoms. The van der Waals surface area contributed by atoms with Crippen LogP contribution in [0.3, 0.4) is 0 Å². The molecular formula is C24H25N3O3. The quantitative estimate of drug-likeness (QED) is 0.600. The van der Waals surface area contributed by atoms with Gasteiger partial charge in [-0.05, 0) is 48.2 Å². The van der Waals surface area contributed by atoms with Crippen molar-refractivity contribution in [2.45, 2.75) is 26.5 Å². The van der Waals surface area contributed by atoms with Crippen molar-refractivity contribution in [1.82, 2.24) is 15.6 Å². The lowest BCUT2D eigenvalue weighted by atomic mass is 10.1. The van der Waals surface area contributed by atoms with Gasteiger partial charge in [-0.3, -0.25) is 9.78 Å². The maximum Gasteiger partial charge on any atom is 0.407 e. The Labute approximate surface area is 176 Å². The minimum atomic E-state index is -0.467. The molecule has 6 nitrogen and oxygen atoms in total. The standard InChI is InChI=1S/C24H25N3O3/c1-18-5-2-3-7-22(18)16-27-23(28)21-10-8-19(9-11-21)12-14-26-24(29)30-17-20-6-4-13-25-15-20/h2-11,13,15H,12,14,16-17H2,1H3,(H,26,29)(H,27,28). The number of rotatable bonds is 8. The van der Waals surface area contributed by atoms with Crippen LogP contribution in [0.1, 0.15) is 32.6 Å². The fourth-order valence-corrected chi connectivity index (χ4v) is 2.90. The molecule has 1 aromatic heterocycles. The topological polar surface area (TPSA) is 80.3 Å². The van der Waals surface area contributed by atoms with Crippen LogP contribution in [0.25, 0.3) is 0 Å². The Balaban J connectivity index is 1.39. The van der Waals surface area contributed by atoms with Crippen molar-refractivity contribution in [2.24, 2.45) is 0 Å². The predicted molar refractivity (Wildman–Crippen MR) is 115 cm³/mol. The van der Waals surface area contributed by atoms with Crippen molar-refractivity contribution in [1.29, 1.82) is 0 Å². The number of aromatic nitrogens is 1. The van der Waals surface area contributed by atoms with Gasteiger partial charge in [-0.2, -0.15) is 0 Å². The molecule has 0 unspecified atom stereocenters. The molecule has 0 aliphatic heterocycles. The van der Waals surface area contributed by atoms with E-state index in [4.69, 9.17) is 4.74 Å². The van der Waals surface area contributed by atoms with E-state index in [1.807, 2.05) is 49.4 Å². The Morgan fingerprint density at radius 3 is 2.47 bits per heavy atom. The van der Waals surface area contributed by atoms with E-state index in [0.717, 1.165) is 22.3 Å². The maximum absolute atomic E-state index is 12.3. The highest BCUT2D eigenvalue weighted by Crippen LogP contribution is 2.08. The highest BCUT2D eigenvalue weighted by molar-refractivity contribution is 5.94. The second-order valence-electron chi connectivity index (χ2n) is 6.92. The number of pyridine rings is 1. The molecule has 0 radical (unpaired) electrons. The van der Waals surface area contributed by atoms with Gasteiger partial charge in [-0.1, -0.05) is 42.5 Å². The van der Waals surface area contributed by atoms with Crippen LogP contribution >= 0.6 is 0 Å². The van der Waals surface area contributed by atoms with E-state index in [9.17, 15) is 9.59 Å². The van der Waals surface area contributed by atoms with E-state index in [1.165, 1.54) is 0 Å². The van der Waals surface area contributed by atoms with Crippen molar-refractivity contribution < 1.29 is 14.3 Å². The van der Waals surface area contributed by atoms with Crippen molar-refractivity contribution in [3.63, 3.8) is 0 Å². The second-order valence-corrected chi connectivity index (χ2v) is 6.92. The molecule has 0 fully saturated rings. The minimum Gasteiger partial charge on any atom is -0.445 e. The zero-order valence-electron chi connectivity index (χ0n) is 16.9. The first-order valence-corrected chi connectivity index (χ1v) is 9.83. The van der Waals surface area contributed by atoms with E-state index < -0.39 is 6.09 Å². The SMILES string of the molecule is Cc1ccccc1CNC(=O)c1ccc(CCNC(=O)OCc2cccnc2)cc1. The number of aryl methyl sites for hydroxylation is 1. The molecule has 30 heavy (non-hydrogen) atoms. The Kier molecular flexibility index (Phi) is 7.55. The molecule has 3 aromatic rings. The number of hydrogen-bond donors (Lipinski definition) is 2. The molecule has 0 atom stereocenters. The van der Waals surface area contributed by atoms with Crippen LogP contribution in [-0.4, -0.2) is 23.5 Å². The number of alkyl carbamates (subject to hydrolysis) is 1. The third kappa shape index (κ3) is 6.44. The van der Waals surface area contributed by atoms with Gasteiger partial charge in [0.25, 0.3) is 5.91 Å². The smallest absolute Gasteiger partial charge is 0.407 e. The fraction of sp³-hybridized carbons (Fsp3) is 0.208.